The summed E-state index contributed by atoms with van der Waals surface area (Å²) in [6.07, 6.45) is 6.49. The summed E-state index contributed by atoms with van der Waals surface area (Å²) in [7, 11) is 2.02. The molecule has 0 aliphatic carbocycles. The van der Waals surface area contributed by atoms with Crippen LogP contribution in [0.4, 0.5) is 0 Å². The Balaban J connectivity index is 0.00000529. The molecule has 6 nitrogen and oxygen atoms in total. The minimum Gasteiger partial charge on any atom is -0.454 e. The minimum atomic E-state index is -0.566. The summed E-state index contributed by atoms with van der Waals surface area (Å²) < 4.78 is 5.34. The monoisotopic (exact) mass is 448 g/mol. The van der Waals surface area contributed by atoms with Gasteiger partial charge in [-0.25, -0.2) is 4.99 Å². The van der Waals surface area contributed by atoms with Crippen molar-refractivity contribution in [3.05, 3.63) is 36.3 Å². The van der Waals surface area contributed by atoms with Crippen molar-refractivity contribution in [1.29, 1.82) is 0 Å². The third-order valence-corrected chi connectivity index (χ3v) is 3.39. The molecule has 0 spiro atoms. The first-order chi connectivity index (χ1) is 11.1. The van der Waals surface area contributed by atoms with Crippen LogP contribution in [0.2, 0.25) is 0 Å². The van der Waals surface area contributed by atoms with Crippen molar-refractivity contribution in [3.8, 4) is 0 Å². The van der Waals surface area contributed by atoms with Crippen LogP contribution in [0, 0.1) is 0 Å². The topological polar surface area (TPSA) is 83.9 Å². The van der Waals surface area contributed by atoms with Gasteiger partial charge in [-0.05, 0) is 38.3 Å². The van der Waals surface area contributed by atoms with Crippen molar-refractivity contribution in [1.82, 2.24) is 10.2 Å². The first kappa shape index (κ1) is 22.5. The second-order valence-electron chi connectivity index (χ2n) is 5.36. The van der Waals surface area contributed by atoms with Gasteiger partial charge in [-0.1, -0.05) is 12.5 Å². The molecule has 0 saturated heterocycles. The van der Waals surface area contributed by atoms with Gasteiger partial charge >= 0.3 is 0 Å². The number of guanidine groups is 1. The lowest BCUT2D eigenvalue weighted by molar-refractivity contribution is 0.0972. The average molecular weight is 448 g/mol. The lowest BCUT2D eigenvalue weighted by atomic mass is 10.2. The Morgan fingerprint density at radius 1 is 1.42 bits per heavy atom. The molecule has 0 aromatic carbocycles. The molecule has 1 rings (SSSR count). The van der Waals surface area contributed by atoms with Gasteiger partial charge in [0.2, 0.25) is 0 Å². The zero-order valence-electron chi connectivity index (χ0n) is 14.6. The van der Waals surface area contributed by atoms with E-state index >= 15 is 0 Å². The number of halogens is 1. The number of primary amides is 1. The number of unbranched alkanes of at least 4 members (excludes halogenated alkanes) is 3. The summed E-state index contributed by atoms with van der Waals surface area (Å²) >= 11 is 0. The second kappa shape index (κ2) is 12.9. The lowest BCUT2D eigenvalue weighted by Gasteiger charge is -2.21. The molecular weight excluding hydrogens is 419 g/mol. The molecule has 0 saturated carbocycles. The molecule has 0 aliphatic heterocycles. The molecule has 1 aromatic heterocycles. The van der Waals surface area contributed by atoms with E-state index in [1.165, 1.54) is 12.8 Å². The van der Waals surface area contributed by atoms with Crippen molar-refractivity contribution in [2.24, 2.45) is 10.7 Å². The summed E-state index contributed by atoms with van der Waals surface area (Å²) in [5.74, 6) is 1.04. The highest BCUT2D eigenvalue weighted by Crippen LogP contribution is 2.09. The molecule has 0 radical (unpaired) electrons. The van der Waals surface area contributed by atoms with Crippen molar-refractivity contribution in [2.45, 2.75) is 39.2 Å². The van der Waals surface area contributed by atoms with Gasteiger partial charge in [-0.15, -0.1) is 30.6 Å². The zero-order valence-corrected chi connectivity index (χ0v) is 16.9. The Kier molecular flexibility index (Phi) is 12.0. The number of aliphatic imine (C=N–C) groups is 1. The van der Waals surface area contributed by atoms with Crippen molar-refractivity contribution in [2.75, 3.05) is 20.1 Å². The Labute approximate surface area is 161 Å². The molecule has 7 heteroatoms. The molecule has 136 valence electrons. The van der Waals surface area contributed by atoms with Gasteiger partial charge < -0.3 is 20.4 Å². The molecule has 0 fully saturated rings. The van der Waals surface area contributed by atoms with Gasteiger partial charge in [0.15, 0.2) is 11.7 Å². The number of amides is 1. The minimum absolute atomic E-state index is 0. The first-order valence-electron chi connectivity index (χ1n) is 8.07. The highest BCUT2D eigenvalue weighted by Gasteiger charge is 2.08. The van der Waals surface area contributed by atoms with Gasteiger partial charge in [0.1, 0.15) is 12.3 Å². The Bertz CT molecular complexity index is 528. The van der Waals surface area contributed by atoms with E-state index in [-0.39, 0.29) is 29.7 Å². The smallest absolute Gasteiger partial charge is 0.284 e. The van der Waals surface area contributed by atoms with Gasteiger partial charge in [-0.2, -0.15) is 0 Å². The van der Waals surface area contributed by atoms with E-state index in [2.05, 4.69) is 21.8 Å². The summed E-state index contributed by atoms with van der Waals surface area (Å²) in [4.78, 5) is 17.7. The number of nitrogens with two attached hydrogens (primary N) is 1. The number of hydrogen-bond acceptors (Lipinski definition) is 3. The molecule has 1 aromatic rings. The normalized spacial score (nSPS) is 10.8. The number of furan rings is 1. The lowest BCUT2D eigenvalue weighted by Crippen LogP contribution is -2.39. The third-order valence-electron chi connectivity index (χ3n) is 3.39. The van der Waals surface area contributed by atoms with E-state index in [0.717, 1.165) is 31.9 Å². The maximum absolute atomic E-state index is 11.0. The van der Waals surface area contributed by atoms with E-state index in [1.807, 2.05) is 20.0 Å². The highest BCUT2D eigenvalue weighted by molar-refractivity contribution is 14.0. The number of nitrogens with one attached hydrogen (secondary N) is 1. The third kappa shape index (κ3) is 8.37. The number of hydrogen-bond donors (Lipinski definition) is 2. The van der Waals surface area contributed by atoms with E-state index in [4.69, 9.17) is 10.2 Å². The molecule has 1 heterocycles. The first-order valence-corrected chi connectivity index (χ1v) is 8.07. The van der Waals surface area contributed by atoms with Crippen molar-refractivity contribution in [3.63, 3.8) is 0 Å². The van der Waals surface area contributed by atoms with Crippen LogP contribution >= 0.6 is 24.0 Å². The van der Waals surface area contributed by atoms with Crippen LogP contribution in [0.25, 0.3) is 0 Å². The Morgan fingerprint density at radius 3 is 2.75 bits per heavy atom. The van der Waals surface area contributed by atoms with Crippen LogP contribution in [-0.2, 0) is 6.54 Å². The fourth-order valence-corrected chi connectivity index (χ4v) is 2.14. The average Bonchev–Trinajstić information content (AvgIpc) is 3.00. The molecule has 0 bridgehead atoms. The number of carbonyl (C=O) groups is 1. The standard InChI is InChI=1S/C17H28N4O2.HI/c1-4-6-7-8-9-12-21(3)17(19-5-2)20-13-14-10-11-15(23-14)16(18)22;/h4,10-11H,1,5-9,12-13H2,2-3H3,(H2,18,22)(H,19,20);1H. The second-order valence-corrected chi connectivity index (χ2v) is 5.36. The van der Waals surface area contributed by atoms with Gasteiger partial charge in [0.25, 0.3) is 5.91 Å². The van der Waals surface area contributed by atoms with E-state index in [0.29, 0.717) is 12.3 Å². The predicted octanol–water partition coefficient (Wildman–Crippen LogP) is 3.14. The van der Waals surface area contributed by atoms with E-state index in [1.54, 1.807) is 12.1 Å². The molecule has 3 N–H and O–H groups in total. The predicted molar refractivity (Wildman–Crippen MR) is 109 cm³/mol. The van der Waals surface area contributed by atoms with Crippen molar-refractivity contribution >= 4 is 35.8 Å². The molecule has 0 aliphatic rings. The highest BCUT2D eigenvalue weighted by atomic mass is 127. The molecule has 0 unspecified atom stereocenters. The summed E-state index contributed by atoms with van der Waals surface area (Å²) in [5.41, 5.74) is 5.17. The van der Waals surface area contributed by atoms with Gasteiger partial charge in [0, 0.05) is 20.1 Å². The fraction of sp³-hybridized carbons (Fsp3) is 0.529. The zero-order chi connectivity index (χ0) is 17.1. The van der Waals surface area contributed by atoms with Crippen LogP contribution in [0.5, 0.6) is 0 Å². The van der Waals surface area contributed by atoms with E-state index < -0.39 is 5.91 Å². The number of allylic oxidation sites excluding steroid dienone is 1. The molecule has 1 amide bonds. The largest absolute Gasteiger partial charge is 0.454 e. The number of rotatable bonds is 10. The van der Waals surface area contributed by atoms with Crippen molar-refractivity contribution < 1.29 is 9.21 Å². The molecule has 0 atom stereocenters. The Morgan fingerprint density at radius 2 is 2.17 bits per heavy atom. The van der Waals surface area contributed by atoms with Crippen LogP contribution in [0.3, 0.4) is 0 Å². The Hall–Kier alpha value is -1.51. The number of nitrogens with zero attached hydrogens (tertiary/aromatic N) is 2. The van der Waals surface area contributed by atoms with Gasteiger partial charge in [-0.3, -0.25) is 4.79 Å². The van der Waals surface area contributed by atoms with Crippen LogP contribution in [-0.4, -0.2) is 36.9 Å². The molecular formula is C17H29IN4O2. The summed E-state index contributed by atoms with van der Waals surface area (Å²) in [6.45, 7) is 7.87. The number of carbonyl (C=O) groups excluding carboxylic acids is 1. The fourth-order valence-electron chi connectivity index (χ4n) is 2.14. The maximum atomic E-state index is 11.0. The van der Waals surface area contributed by atoms with Crippen LogP contribution in [0.1, 0.15) is 48.9 Å². The SMILES string of the molecule is C=CCCCCCN(C)C(=NCc1ccc(C(N)=O)o1)NCC.I. The maximum Gasteiger partial charge on any atom is 0.284 e. The van der Waals surface area contributed by atoms with Crippen LogP contribution < -0.4 is 11.1 Å². The van der Waals surface area contributed by atoms with Gasteiger partial charge in [0.05, 0.1) is 0 Å². The molecule has 24 heavy (non-hydrogen) atoms. The quantitative estimate of drug-likeness (QED) is 0.189. The summed E-state index contributed by atoms with van der Waals surface area (Å²) in [5, 5.41) is 3.26. The summed E-state index contributed by atoms with van der Waals surface area (Å²) in [6, 6.07) is 3.30. The van der Waals surface area contributed by atoms with Crippen LogP contribution in [0.15, 0.2) is 34.2 Å². The van der Waals surface area contributed by atoms with E-state index in [9.17, 15) is 4.79 Å².